The van der Waals surface area contributed by atoms with E-state index in [2.05, 4.69) is 35.1 Å². The standard InChI is InChI=1S/C26H26N4O4S/c1-3-30(4-2)11-12-32-26(31)18-5-8-21(9-6-18)28-15-20(14-27)25-29-22(16-35-25)19-7-10-23-24(13-19)34-17-33-23/h5-10,13,15-16,28H,3-4,11-12,17H2,1-2H3. The number of carbonyl (C=O) groups excluding carboxylic acids is 1. The molecule has 3 aromatic rings. The Balaban J connectivity index is 1.36. The Morgan fingerprint density at radius 2 is 1.97 bits per heavy atom. The summed E-state index contributed by atoms with van der Waals surface area (Å²) in [6, 6.07) is 14.8. The van der Waals surface area contributed by atoms with Crippen molar-refractivity contribution >= 4 is 28.6 Å². The van der Waals surface area contributed by atoms with E-state index >= 15 is 0 Å². The van der Waals surface area contributed by atoms with Gasteiger partial charge in [0.1, 0.15) is 23.3 Å². The molecule has 4 rings (SSSR count). The van der Waals surface area contributed by atoms with Crippen molar-refractivity contribution in [2.45, 2.75) is 13.8 Å². The van der Waals surface area contributed by atoms with Crippen molar-refractivity contribution in [3.8, 4) is 28.8 Å². The Labute approximate surface area is 208 Å². The van der Waals surface area contributed by atoms with Gasteiger partial charge in [0.25, 0.3) is 0 Å². The van der Waals surface area contributed by atoms with E-state index in [0.717, 1.165) is 30.0 Å². The summed E-state index contributed by atoms with van der Waals surface area (Å²) < 4.78 is 16.1. The van der Waals surface area contributed by atoms with Crippen molar-refractivity contribution in [2.24, 2.45) is 0 Å². The van der Waals surface area contributed by atoms with Gasteiger partial charge in [-0.3, -0.25) is 0 Å². The number of hydrogen-bond donors (Lipinski definition) is 1. The van der Waals surface area contributed by atoms with Gasteiger partial charge in [-0.2, -0.15) is 5.26 Å². The van der Waals surface area contributed by atoms with Gasteiger partial charge in [-0.25, -0.2) is 9.78 Å². The number of nitrogens with one attached hydrogen (secondary N) is 1. The average molecular weight is 491 g/mol. The van der Waals surface area contributed by atoms with Crippen molar-refractivity contribution in [1.29, 1.82) is 5.26 Å². The van der Waals surface area contributed by atoms with Crippen LogP contribution < -0.4 is 14.8 Å². The zero-order valence-corrected chi connectivity index (χ0v) is 20.4. The number of allylic oxidation sites excluding steroid dienone is 1. The smallest absolute Gasteiger partial charge is 0.338 e. The van der Waals surface area contributed by atoms with Gasteiger partial charge in [-0.05, 0) is 55.6 Å². The van der Waals surface area contributed by atoms with Crippen LogP contribution in [-0.4, -0.2) is 48.9 Å². The number of ether oxygens (including phenoxy) is 3. The third kappa shape index (κ3) is 5.98. The first-order chi connectivity index (χ1) is 17.1. The van der Waals surface area contributed by atoms with Gasteiger partial charge >= 0.3 is 5.97 Å². The van der Waals surface area contributed by atoms with Crippen molar-refractivity contribution in [3.05, 3.63) is 64.6 Å². The van der Waals surface area contributed by atoms with Crippen LogP contribution in [0.25, 0.3) is 16.8 Å². The van der Waals surface area contributed by atoms with Crippen LogP contribution in [0.1, 0.15) is 29.2 Å². The molecule has 2 heterocycles. The highest BCUT2D eigenvalue weighted by Gasteiger charge is 2.16. The number of nitrogens with zero attached hydrogens (tertiary/aromatic N) is 3. The van der Waals surface area contributed by atoms with Crippen molar-refractivity contribution in [1.82, 2.24) is 9.88 Å². The van der Waals surface area contributed by atoms with E-state index in [1.165, 1.54) is 11.3 Å². The maximum Gasteiger partial charge on any atom is 0.338 e. The number of thiazole rings is 1. The van der Waals surface area contributed by atoms with E-state index in [4.69, 9.17) is 14.2 Å². The minimum atomic E-state index is -0.351. The second kappa shape index (κ2) is 11.5. The molecule has 0 atom stereocenters. The number of esters is 1. The molecular weight excluding hydrogens is 464 g/mol. The summed E-state index contributed by atoms with van der Waals surface area (Å²) in [4.78, 5) is 19.1. The molecule has 9 heteroatoms. The monoisotopic (exact) mass is 490 g/mol. The molecule has 1 aliphatic rings. The van der Waals surface area contributed by atoms with E-state index in [-0.39, 0.29) is 12.8 Å². The van der Waals surface area contributed by atoms with Gasteiger partial charge in [-0.1, -0.05) is 13.8 Å². The van der Waals surface area contributed by atoms with Crippen LogP contribution >= 0.6 is 11.3 Å². The van der Waals surface area contributed by atoms with E-state index in [0.29, 0.717) is 40.8 Å². The SMILES string of the molecule is CCN(CC)CCOC(=O)c1ccc(NC=C(C#N)c2nc(-c3ccc4c(c3)OCO4)cs2)cc1. The quantitative estimate of drug-likeness (QED) is 0.313. The van der Waals surface area contributed by atoms with Gasteiger partial charge in [-0.15, -0.1) is 11.3 Å². The van der Waals surface area contributed by atoms with E-state index in [1.807, 2.05) is 23.6 Å². The molecule has 0 bridgehead atoms. The minimum Gasteiger partial charge on any atom is -0.461 e. The fraction of sp³-hybridized carbons (Fsp3) is 0.269. The molecule has 180 valence electrons. The molecule has 8 nitrogen and oxygen atoms in total. The van der Waals surface area contributed by atoms with Crippen LogP contribution in [0.4, 0.5) is 5.69 Å². The molecule has 0 saturated carbocycles. The predicted molar refractivity (Wildman–Crippen MR) is 135 cm³/mol. The highest BCUT2D eigenvalue weighted by Crippen LogP contribution is 2.36. The van der Waals surface area contributed by atoms with Crippen molar-refractivity contribution < 1.29 is 19.0 Å². The molecule has 1 aliphatic heterocycles. The largest absolute Gasteiger partial charge is 0.461 e. The Kier molecular flexibility index (Phi) is 7.98. The number of rotatable bonds is 10. The summed E-state index contributed by atoms with van der Waals surface area (Å²) in [5.41, 5.74) is 3.27. The first-order valence-corrected chi connectivity index (χ1v) is 12.2. The molecule has 1 aromatic heterocycles. The molecule has 1 N–H and O–H groups in total. The molecule has 0 radical (unpaired) electrons. The summed E-state index contributed by atoms with van der Waals surface area (Å²) in [5, 5.41) is 15.2. The molecule has 35 heavy (non-hydrogen) atoms. The number of likely N-dealkylation sites (N-methyl/N-ethyl adjacent to an activating group) is 1. The van der Waals surface area contributed by atoms with Crippen LogP contribution in [0.2, 0.25) is 0 Å². The van der Waals surface area contributed by atoms with Crippen molar-refractivity contribution in [2.75, 3.05) is 38.4 Å². The number of anilines is 1. The molecule has 2 aromatic carbocycles. The molecule has 0 amide bonds. The van der Waals surface area contributed by atoms with Crippen LogP contribution in [-0.2, 0) is 4.74 Å². The Bertz CT molecular complexity index is 1240. The molecule has 0 spiro atoms. The van der Waals surface area contributed by atoms with Crippen LogP contribution in [0, 0.1) is 11.3 Å². The second-order valence-corrected chi connectivity index (χ2v) is 8.52. The molecule has 0 aliphatic carbocycles. The summed E-state index contributed by atoms with van der Waals surface area (Å²) >= 11 is 1.39. The second-order valence-electron chi connectivity index (χ2n) is 7.66. The molecule has 0 unspecified atom stereocenters. The first-order valence-electron chi connectivity index (χ1n) is 11.3. The number of fused-ring (bicyclic) bond motifs is 1. The predicted octanol–water partition coefficient (Wildman–Crippen LogP) is 5.01. The highest BCUT2D eigenvalue weighted by atomic mass is 32.1. The van der Waals surface area contributed by atoms with Crippen LogP contribution in [0.3, 0.4) is 0 Å². The van der Waals surface area contributed by atoms with Gasteiger partial charge in [0, 0.05) is 29.4 Å². The topological polar surface area (TPSA) is 96.7 Å². The van der Waals surface area contributed by atoms with E-state index in [9.17, 15) is 10.1 Å². The Morgan fingerprint density at radius 1 is 1.20 bits per heavy atom. The Morgan fingerprint density at radius 3 is 2.71 bits per heavy atom. The fourth-order valence-electron chi connectivity index (χ4n) is 3.48. The van der Waals surface area contributed by atoms with E-state index < -0.39 is 0 Å². The summed E-state index contributed by atoms with van der Waals surface area (Å²) in [6.07, 6.45) is 1.61. The lowest BCUT2D eigenvalue weighted by molar-refractivity contribution is 0.0466. The number of benzene rings is 2. The maximum atomic E-state index is 12.3. The van der Waals surface area contributed by atoms with Gasteiger partial charge in [0.2, 0.25) is 6.79 Å². The lowest BCUT2D eigenvalue weighted by atomic mass is 10.1. The zero-order valence-electron chi connectivity index (χ0n) is 19.6. The van der Waals surface area contributed by atoms with Crippen LogP contribution in [0.5, 0.6) is 11.5 Å². The average Bonchev–Trinajstić information content (AvgIpc) is 3.57. The third-order valence-corrected chi connectivity index (χ3v) is 6.44. The lowest BCUT2D eigenvalue weighted by Crippen LogP contribution is -2.27. The highest BCUT2D eigenvalue weighted by molar-refractivity contribution is 7.11. The molecule has 0 saturated heterocycles. The summed E-state index contributed by atoms with van der Waals surface area (Å²) in [6.45, 7) is 7.30. The molecular formula is C26H26N4O4S. The first kappa shape index (κ1) is 24.3. The summed E-state index contributed by atoms with van der Waals surface area (Å²) in [5.74, 6) is 1.05. The zero-order chi connectivity index (χ0) is 24.6. The number of nitriles is 1. The number of hydrogen-bond acceptors (Lipinski definition) is 9. The summed E-state index contributed by atoms with van der Waals surface area (Å²) in [7, 11) is 0. The molecule has 0 fully saturated rings. The van der Waals surface area contributed by atoms with Gasteiger partial charge < -0.3 is 24.4 Å². The van der Waals surface area contributed by atoms with Crippen molar-refractivity contribution in [3.63, 3.8) is 0 Å². The normalized spacial score (nSPS) is 12.5. The van der Waals surface area contributed by atoms with E-state index in [1.54, 1.807) is 30.5 Å². The van der Waals surface area contributed by atoms with Crippen LogP contribution in [0.15, 0.2) is 54.0 Å². The third-order valence-electron chi connectivity index (χ3n) is 5.56. The van der Waals surface area contributed by atoms with Gasteiger partial charge in [0.05, 0.1) is 11.3 Å². The maximum absolute atomic E-state index is 12.3. The minimum absolute atomic E-state index is 0.215. The van der Waals surface area contributed by atoms with Gasteiger partial charge in [0.15, 0.2) is 11.5 Å². The lowest BCUT2D eigenvalue weighted by Gasteiger charge is -2.17. The Hall–Kier alpha value is -3.87. The number of carbonyl (C=O) groups is 1. The fourth-order valence-corrected chi connectivity index (χ4v) is 4.27. The number of aromatic nitrogens is 1.